The van der Waals surface area contributed by atoms with Crippen LogP contribution in [0.5, 0.6) is 11.5 Å². The third kappa shape index (κ3) is 4.24. The van der Waals surface area contributed by atoms with E-state index in [-0.39, 0.29) is 6.10 Å². The summed E-state index contributed by atoms with van der Waals surface area (Å²) in [7, 11) is 1.63. The van der Waals surface area contributed by atoms with E-state index in [0.717, 1.165) is 17.1 Å². The van der Waals surface area contributed by atoms with Gasteiger partial charge in [-0.05, 0) is 19.9 Å². The average Bonchev–Trinajstić information content (AvgIpc) is 2.30. The minimum Gasteiger partial charge on any atom is -0.493 e. The van der Waals surface area contributed by atoms with E-state index in [9.17, 15) is 5.11 Å². The van der Waals surface area contributed by atoms with Gasteiger partial charge in [0.1, 0.15) is 0 Å². The third-order valence-electron chi connectivity index (χ3n) is 2.32. The van der Waals surface area contributed by atoms with Crippen LogP contribution in [0, 0.1) is 0 Å². The second-order valence-electron chi connectivity index (χ2n) is 3.86. The SMILES string of the molecule is CCOc1c(CNCC(C)O)cccc1OC. The molecule has 0 aliphatic rings. The molecule has 1 atom stereocenters. The van der Waals surface area contributed by atoms with Gasteiger partial charge in [0.2, 0.25) is 0 Å². The van der Waals surface area contributed by atoms with Crippen molar-refractivity contribution in [3.63, 3.8) is 0 Å². The van der Waals surface area contributed by atoms with Crippen molar-refractivity contribution in [1.82, 2.24) is 5.32 Å². The van der Waals surface area contributed by atoms with Gasteiger partial charge in [0, 0.05) is 18.7 Å². The summed E-state index contributed by atoms with van der Waals surface area (Å²) in [4.78, 5) is 0. The van der Waals surface area contributed by atoms with E-state index in [4.69, 9.17) is 9.47 Å². The molecule has 0 aromatic heterocycles. The molecule has 4 nitrogen and oxygen atoms in total. The van der Waals surface area contributed by atoms with Crippen LogP contribution < -0.4 is 14.8 Å². The van der Waals surface area contributed by atoms with Crippen molar-refractivity contribution in [2.75, 3.05) is 20.3 Å². The van der Waals surface area contributed by atoms with Crippen LogP contribution in [0.15, 0.2) is 18.2 Å². The summed E-state index contributed by atoms with van der Waals surface area (Å²) in [6.07, 6.45) is -0.351. The van der Waals surface area contributed by atoms with Crippen LogP contribution in [-0.4, -0.2) is 31.5 Å². The van der Waals surface area contributed by atoms with E-state index in [0.29, 0.717) is 19.7 Å². The summed E-state index contributed by atoms with van der Waals surface area (Å²) >= 11 is 0. The molecule has 96 valence electrons. The van der Waals surface area contributed by atoms with Gasteiger partial charge in [-0.3, -0.25) is 0 Å². The predicted molar refractivity (Wildman–Crippen MR) is 67.6 cm³/mol. The Balaban J connectivity index is 2.75. The highest BCUT2D eigenvalue weighted by molar-refractivity contribution is 5.46. The van der Waals surface area contributed by atoms with E-state index in [1.807, 2.05) is 25.1 Å². The molecule has 0 amide bonds. The Morgan fingerprint density at radius 2 is 2.18 bits per heavy atom. The fraction of sp³-hybridized carbons (Fsp3) is 0.538. The van der Waals surface area contributed by atoms with Crippen molar-refractivity contribution in [1.29, 1.82) is 0 Å². The molecule has 0 spiro atoms. The van der Waals surface area contributed by atoms with Gasteiger partial charge in [0.05, 0.1) is 19.8 Å². The lowest BCUT2D eigenvalue weighted by Gasteiger charge is -2.15. The molecule has 0 aliphatic carbocycles. The summed E-state index contributed by atoms with van der Waals surface area (Å²) < 4.78 is 10.9. The van der Waals surface area contributed by atoms with Gasteiger partial charge >= 0.3 is 0 Å². The number of methoxy groups -OCH3 is 1. The number of nitrogens with one attached hydrogen (secondary N) is 1. The number of hydrogen-bond donors (Lipinski definition) is 2. The van der Waals surface area contributed by atoms with E-state index in [1.165, 1.54) is 0 Å². The maximum atomic E-state index is 9.19. The van der Waals surface area contributed by atoms with Crippen molar-refractivity contribution in [2.24, 2.45) is 0 Å². The summed E-state index contributed by atoms with van der Waals surface area (Å²) in [5.74, 6) is 1.51. The zero-order valence-corrected chi connectivity index (χ0v) is 10.7. The van der Waals surface area contributed by atoms with Gasteiger partial charge in [-0.2, -0.15) is 0 Å². The van der Waals surface area contributed by atoms with Crippen LogP contribution in [0.1, 0.15) is 19.4 Å². The molecule has 0 radical (unpaired) electrons. The Bertz CT molecular complexity index is 339. The maximum absolute atomic E-state index is 9.19. The summed E-state index contributed by atoms with van der Waals surface area (Å²) in [5.41, 5.74) is 1.03. The molecule has 0 aliphatic heterocycles. The second-order valence-corrected chi connectivity index (χ2v) is 3.86. The Morgan fingerprint density at radius 1 is 1.41 bits per heavy atom. The van der Waals surface area contributed by atoms with Gasteiger partial charge in [-0.25, -0.2) is 0 Å². The van der Waals surface area contributed by atoms with Crippen molar-refractivity contribution in [3.8, 4) is 11.5 Å². The van der Waals surface area contributed by atoms with E-state index < -0.39 is 0 Å². The first-order valence-corrected chi connectivity index (χ1v) is 5.86. The van der Waals surface area contributed by atoms with Crippen molar-refractivity contribution < 1.29 is 14.6 Å². The maximum Gasteiger partial charge on any atom is 0.165 e. The number of aliphatic hydroxyl groups excluding tert-OH is 1. The fourth-order valence-corrected chi connectivity index (χ4v) is 1.59. The number of ether oxygens (including phenoxy) is 2. The van der Waals surface area contributed by atoms with Crippen LogP contribution >= 0.6 is 0 Å². The lowest BCUT2D eigenvalue weighted by molar-refractivity contribution is 0.190. The minimum atomic E-state index is -0.351. The fourth-order valence-electron chi connectivity index (χ4n) is 1.59. The van der Waals surface area contributed by atoms with Gasteiger partial charge in [-0.1, -0.05) is 12.1 Å². The normalized spacial score (nSPS) is 12.2. The standard InChI is InChI=1S/C13H21NO3/c1-4-17-13-11(9-14-8-10(2)15)6-5-7-12(13)16-3/h5-7,10,14-15H,4,8-9H2,1-3H3. The first-order valence-electron chi connectivity index (χ1n) is 5.86. The zero-order chi connectivity index (χ0) is 12.7. The van der Waals surface area contributed by atoms with Crippen molar-refractivity contribution >= 4 is 0 Å². The largest absolute Gasteiger partial charge is 0.493 e. The monoisotopic (exact) mass is 239 g/mol. The van der Waals surface area contributed by atoms with Crippen LogP contribution in [-0.2, 0) is 6.54 Å². The molecule has 0 bridgehead atoms. The average molecular weight is 239 g/mol. The molecule has 0 fully saturated rings. The highest BCUT2D eigenvalue weighted by Gasteiger charge is 2.09. The van der Waals surface area contributed by atoms with Crippen LogP contribution in [0.4, 0.5) is 0 Å². The molecule has 0 saturated carbocycles. The topological polar surface area (TPSA) is 50.7 Å². The smallest absolute Gasteiger partial charge is 0.165 e. The van der Waals surface area contributed by atoms with Crippen LogP contribution in [0.25, 0.3) is 0 Å². The van der Waals surface area contributed by atoms with Gasteiger partial charge in [0.15, 0.2) is 11.5 Å². The van der Waals surface area contributed by atoms with Crippen LogP contribution in [0.3, 0.4) is 0 Å². The lowest BCUT2D eigenvalue weighted by Crippen LogP contribution is -2.24. The highest BCUT2D eigenvalue weighted by atomic mass is 16.5. The minimum absolute atomic E-state index is 0.351. The van der Waals surface area contributed by atoms with Gasteiger partial charge < -0.3 is 19.9 Å². The molecule has 0 saturated heterocycles. The van der Waals surface area contributed by atoms with Gasteiger partial charge in [-0.15, -0.1) is 0 Å². The number of aliphatic hydroxyl groups is 1. The van der Waals surface area contributed by atoms with Gasteiger partial charge in [0.25, 0.3) is 0 Å². The molecule has 17 heavy (non-hydrogen) atoms. The number of para-hydroxylation sites is 1. The third-order valence-corrected chi connectivity index (χ3v) is 2.32. The Morgan fingerprint density at radius 3 is 2.76 bits per heavy atom. The summed E-state index contributed by atoms with van der Waals surface area (Å²) in [6.45, 7) is 5.51. The Hall–Kier alpha value is -1.26. The van der Waals surface area contributed by atoms with Crippen molar-refractivity contribution in [2.45, 2.75) is 26.5 Å². The van der Waals surface area contributed by atoms with E-state index >= 15 is 0 Å². The zero-order valence-electron chi connectivity index (χ0n) is 10.7. The van der Waals surface area contributed by atoms with Crippen LogP contribution in [0.2, 0.25) is 0 Å². The lowest BCUT2D eigenvalue weighted by atomic mass is 10.2. The quantitative estimate of drug-likeness (QED) is 0.758. The molecular weight excluding hydrogens is 218 g/mol. The van der Waals surface area contributed by atoms with E-state index in [1.54, 1.807) is 14.0 Å². The number of rotatable bonds is 7. The Labute approximate surface area is 103 Å². The molecule has 1 aromatic carbocycles. The first-order chi connectivity index (χ1) is 8.19. The first kappa shape index (κ1) is 13.8. The molecule has 2 N–H and O–H groups in total. The molecule has 1 unspecified atom stereocenters. The summed E-state index contributed by atoms with van der Waals surface area (Å²) in [6, 6.07) is 5.80. The Kier molecular flexibility index (Phi) is 5.80. The molecule has 0 heterocycles. The molecular formula is C13H21NO3. The predicted octanol–water partition coefficient (Wildman–Crippen LogP) is 1.56. The second kappa shape index (κ2) is 7.14. The molecule has 1 rings (SSSR count). The highest BCUT2D eigenvalue weighted by Crippen LogP contribution is 2.30. The molecule has 1 aromatic rings. The molecule has 4 heteroatoms. The summed E-state index contributed by atoms with van der Waals surface area (Å²) in [5, 5.41) is 12.4. The van der Waals surface area contributed by atoms with E-state index in [2.05, 4.69) is 5.32 Å². The number of hydrogen-bond acceptors (Lipinski definition) is 4. The van der Waals surface area contributed by atoms with Crippen molar-refractivity contribution in [3.05, 3.63) is 23.8 Å². The number of benzene rings is 1.